The first-order valence-corrected chi connectivity index (χ1v) is 6.17. The average Bonchev–Trinajstić information content (AvgIpc) is 2.57. The second-order valence-corrected chi connectivity index (χ2v) is 5.82. The van der Waals surface area contributed by atoms with Gasteiger partial charge < -0.3 is 11.1 Å². The number of nitrogens with two attached hydrogens (primary N) is 1. The molecule has 1 saturated carbocycles. The summed E-state index contributed by atoms with van der Waals surface area (Å²) < 4.78 is 0. The van der Waals surface area contributed by atoms with Crippen LogP contribution >= 0.6 is 0 Å². The second kappa shape index (κ2) is 4.48. The summed E-state index contributed by atoms with van der Waals surface area (Å²) in [5.74, 6) is 0. The van der Waals surface area contributed by atoms with Gasteiger partial charge in [-0.2, -0.15) is 0 Å². The highest BCUT2D eigenvalue weighted by molar-refractivity contribution is 5.61. The van der Waals surface area contributed by atoms with Gasteiger partial charge in [-0.05, 0) is 30.7 Å². The van der Waals surface area contributed by atoms with Crippen molar-refractivity contribution in [2.75, 3.05) is 11.1 Å². The Kier molecular flexibility index (Phi) is 3.15. The largest absolute Gasteiger partial charge is 0.398 e. The van der Waals surface area contributed by atoms with E-state index in [1.54, 1.807) is 12.1 Å². The molecule has 98 valence electrons. The fourth-order valence-corrected chi connectivity index (χ4v) is 2.62. The van der Waals surface area contributed by atoms with Crippen LogP contribution in [0.1, 0.15) is 33.1 Å². The van der Waals surface area contributed by atoms with Crippen LogP contribution in [0.15, 0.2) is 18.2 Å². The van der Waals surface area contributed by atoms with E-state index in [1.807, 2.05) is 0 Å². The Morgan fingerprint density at radius 2 is 2.17 bits per heavy atom. The molecular weight excluding hydrogens is 230 g/mol. The summed E-state index contributed by atoms with van der Waals surface area (Å²) in [6.45, 7) is 4.49. The summed E-state index contributed by atoms with van der Waals surface area (Å²) in [5.41, 5.74) is 7.23. The van der Waals surface area contributed by atoms with Crippen LogP contribution in [0.3, 0.4) is 0 Å². The highest BCUT2D eigenvalue weighted by Gasteiger charge is 2.30. The SMILES string of the molecule is CC1(C)CCC(Nc2cc(N)cc([N+](=O)[O-])c2)C1. The lowest BCUT2D eigenvalue weighted by Gasteiger charge is -2.18. The molecule has 1 aliphatic rings. The van der Waals surface area contributed by atoms with Gasteiger partial charge in [0.15, 0.2) is 0 Å². The van der Waals surface area contributed by atoms with Crippen LogP contribution in [0, 0.1) is 15.5 Å². The average molecular weight is 249 g/mol. The lowest BCUT2D eigenvalue weighted by Crippen LogP contribution is -2.17. The molecule has 0 radical (unpaired) electrons. The zero-order valence-corrected chi connectivity index (χ0v) is 10.8. The van der Waals surface area contributed by atoms with E-state index in [9.17, 15) is 10.1 Å². The van der Waals surface area contributed by atoms with Crippen molar-refractivity contribution in [1.82, 2.24) is 0 Å². The van der Waals surface area contributed by atoms with Crippen molar-refractivity contribution in [3.05, 3.63) is 28.3 Å². The molecule has 0 aromatic heterocycles. The van der Waals surface area contributed by atoms with Crippen molar-refractivity contribution in [1.29, 1.82) is 0 Å². The number of nitrogens with zero attached hydrogens (tertiary/aromatic N) is 1. The predicted octanol–water partition coefficient (Wildman–Crippen LogP) is 3.17. The number of rotatable bonds is 3. The fraction of sp³-hybridized carbons (Fsp3) is 0.538. The van der Waals surface area contributed by atoms with E-state index in [0.29, 0.717) is 17.1 Å². The van der Waals surface area contributed by atoms with Gasteiger partial charge in [0.1, 0.15) is 0 Å². The monoisotopic (exact) mass is 249 g/mol. The van der Waals surface area contributed by atoms with Gasteiger partial charge in [0.05, 0.1) is 4.92 Å². The summed E-state index contributed by atoms with van der Waals surface area (Å²) in [5, 5.41) is 14.1. The quantitative estimate of drug-likeness (QED) is 0.489. The number of non-ortho nitro benzene ring substituents is 1. The van der Waals surface area contributed by atoms with E-state index in [0.717, 1.165) is 18.5 Å². The van der Waals surface area contributed by atoms with Crippen LogP contribution in [0.2, 0.25) is 0 Å². The van der Waals surface area contributed by atoms with Gasteiger partial charge in [-0.25, -0.2) is 0 Å². The van der Waals surface area contributed by atoms with Gasteiger partial charge in [-0.15, -0.1) is 0 Å². The molecule has 2 rings (SSSR count). The Morgan fingerprint density at radius 1 is 1.44 bits per heavy atom. The van der Waals surface area contributed by atoms with Crippen molar-refractivity contribution in [3.8, 4) is 0 Å². The van der Waals surface area contributed by atoms with Gasteiger partial charge in [-0.3, -0.25) is 10.1 Å². The van der Waals surface area contributed by atoms with E-state index < -0.39 is 4.92 Å². The number of anilines is 2. The minimum atomic E-state index is -0.417. The van der Waals surface area contributed by atoms with Crippen molar-refractivity contribution in [2.45, 2.75) is 39.2 Å². The summed E-state index contributed by atoms with van der Waals surface area (Å²) in [7, 11) is 0. The van der Waals surface area contributed by atoms with Crippen LogP contribution < -0.4 is 11.1 Å². The number of nitro groups is 1. The summed E-state index contributed by atoms with van der Waals surface area (Å²) in [4.78, 5) is 10.4. The molecule has 1 aromatic carbocycles. The van der Waals surface area contributed by atoms with E-state index in [1.165, 1.54) is 12.5 Å². The van der Waals surface area contributed by atoms with Crippen LogP contribution in [0.4, 0.5) is 17.1 Å². The molecule has 0 heterocycles. The van der Waals surface area contributed by atoms with Gasteiger partial charge in [0, 0.05) is 29.5 Å². The van der Waals surface area contributed by atoms with E-state index in [2.05, 4.69) is 19.2 Å². The van der Waals surface area contributed by atoms with Crippen molar-refractivity contribution in [3.63, 3.8) is 0 Å². The molecule has 0 aliphatic heterocycles. The van der Waals surface area contributed by atoms with Gasteiger partial charge in [-0.1, -0.05) is 13.8 Å². The van der Waals surface area contributed by atoms with E-state index in [-0.39, 0.29) is 5.69 Å². The fourth-order valence-electron chi connectivity index (χ4n) is 2.62. The number of nitrogens with one attached hydrogen (secondary N) is 1. The molecule has 0 saturated heterocycles. The Morgan fingerprint density at radius 3 is 2.72 bits per heavy atom. The van der Waals surface area contributed by atoms with Crippen molar-refractivity contribution in [2.24, 2.45) is 5.41 Å². The summed E-state index contributed by atoms with van der Waals surface area (Å²) >= 11 is 0. The molecule has 1 unspecified atom stereocenters. The molecule has 0 amide bonds. The molecule has 1 aliphatic carbocycles. The normalized spacial score (nSPS) is 21.8. The van der Waals surface area contributed by atoms with Crippen LogP contribution in [0.5, 0.6) is 0 Å². The molecule has 3 N–H and O–H groups in total. The minimum absolute atomic E-state index is 0.0368. The highest BCUT2D eigenvalue weighted by Crippen LogP contribution is 2.38. The maximum Gasteiger partial charge on any atom is 0.273 e. The maximum atomic E-state index is 10.8. The van der Waals surface area contributed by atoms with Gasteiger partial charge >= 0.3 is 0 Å². The van der Waals surface area contributed by atoms with Gasteiger partial charge in [0.25, 0.3) is 5.69 Å². The molecule has 0 bridgehead atoms. The third-order valence-corrected chi connectivity index (χ3v) is 3.49. The van der Waals surface area contributed by atoms with Crippen LogP contribution in [0.25, 0.3) is 0 Å². The lowest BCUT2D eigenvalue weighted by atomic mass is 9.92. The second-order valence-electron chi connectivity index (χ2n) is 5.82. The first kappa shape index (κ1) is 12.7. The number of benzene rings is 1. The zero-order chi connectivity index (χ0) is 13.3. The number of nitro benzene ring substituents is 1. The van der Waals surface area contributed by atoms with Crippen molar-refractivity contribution >= 4 is 17.1 Å². The molecule has 5 heteroatoms. The molecular formula is C13H19N3O2. The molecule has 1 fully saturated rings. The lowest BCUT2D eigenvalue weighted by molar-refractivity contribution is -0.384. The highest BCUT2D eigenvalue weighted by atomic mass is 16.6. The van der Waals surface area contributed by atoms with E-state index >= 15 is 0 Å². The summed E-state index contributed by atoms with van der Waals surface area (Å²) in [6.07, 6.45) is 3.35. The zero-order valence-electron chi connectivity index (χ0n) is 10.8. The third-order valence-electron chi connectivity index (χ3n) is 3.49. The molecule has 0 spiro atoms. The molecule has 18 heavy (non-hydrogen) atoms. The van der Waals surface area contributed by atoms with Gasteiger partial charge in [0.2, 0.25) is 0 Å². The van der Waals surface area contributed by atoms with Crippen molar-refractivity contribution < 1.29 is 4.92 Å². The third kappa shape index (κ3) is 2.91. The Hall–Kier alpha value is -1.78. The maximum absolute atomic E-state index is 10.8. The Labute approximate surface area is 107 Å². The molecule has 1 atom stereocenters. The number of hydrogen-bond acceptors (Lipinski definition) is 4. The topological polar surface area (TPSA) is 81.2 Å². The number of hydrogen-bond donors (Lipinski definition) is 2. The van der Waals surface area contributed by atoms with E-state index in [4.69, 9.17) is 5.73 Å². The Balaban J connectivity index is 2.12. The predicted molar refractivity (Wildman–Crippen MR) is 72.6 cm³/mol. The molecule has 5 nitrogen and oxygen atoms in total. The first-order chi connectivity index (χ1) is 8.35. The summed E-state index contributed by atoms with van der Waals surface area (Å²) in [6, 6.07) is 5.05. The standard InChI is InChI=1S/C13H19N3O2/c1-13(2)4-3-10(8-13)15-11-5-9(14)6-12(7-11)16(17)18/h5-7,10,15H,3-4,8,14H2,1-2H3. The number of nitrogen functional groups attached to an aromatic ring is 1. The van der Waals surface area contributed by atoms with Crippen LogP contribution in [-0.2, 0) is 0 Å². The first-order valence-electron chi connectivity index (χ1n) is 6.17. The Bertz CT molecular complexity index is 471. The van der Waals surface area contributed by atoms with Crippen LogP contribution in [-0.4, -0.2) is 11.0 Å². The smallest absolute Gasteiger partial charge is 0.273 e. The molecule has 1 aromatic rings. The minimum Gasteiger partial charge on any atom is -0.398 e.